The highest BCUT2D eigenvalue weighted by molar-refractivity contribution is 5.95. The van der Waals surface area contributed by atoms with Gasteiger partial charge in [0.2, 0.25) is 5.88 Å². The highest BCUT2D eigenvalue weighted by Gasteiger charge is 2.42. The van der Waals surface area contributed by atoms with Crippen LogP contribution < -0.4 is 10.1 Å². The summed E-state index contributed by atoms with van der Waals surface area (Å²) in [6, 6.07) is 17.0. The van der Waals surface area contributed by atoms with Crippen molar-refractivity contribution < 1.29 is 27.4 Å². The predicted octanol–water partition coefficient (Wildman–Crippen LogP) is 7.63. The van der Waals surface area contributed by atoms with Crippen molar-refractivity contribution in [3.05, 3.63) is 100 Å². The van der Waals surface area contributed by atoms with E-state index in [4.69, 9.17) is 9.47 Å². The summed E-state index contributed by atoms with van der Waals surface area (Å²) in [5.41, 5.74) is 1.71. The molecule has 3 aromatic rings. The lowest BCUT2D eigenvalue weighted by atomic mass is 9.79. The van der Waals surface area contributed by atoms with Gasteiger partial charge in [-0.05, 0) is 57.5 Å². The Morgan fingerprint density at radius 2 is 1.71 bits per heavy atom. The molecule has 1 aromatic heterocycles. The third-order valence-corrected chi connectivity index (χ3v) is 6.61. The van der Waals surface area contributed by atoms with Crippen molar-refractivity contribution in [2.24, 2.45) is 0 Å². The number of ether oxygens (including phenoxy) is 2. The van der Waals surface area contributed by atoms with Crippen molar-refractivity contribution in [2.75, 3.05) is 25.5 Å². The number of pyridine rings is 1. The molecule has 2 aromatic carbocycles. The number of benzene rings is 2. The summed E-state index contributed by atoms with van der Waals surface area (Å²) in [7, 11) is 1.98. The van der Waals surface area contributed by atoms with Crippen LogP contribution in [0.5, 0.6) is 5.88 Å². The molecule has 1 aliphatic heterocycles. The number of nitrogens with one attached hydrogen (secondary N) is 1. The number of allylic oxidation sites excluding steroid dienone is 1. The number of halogens is 5. The van der Waals surface area contributed by atoms with Gasteiger partial charge in [0, 0.05) is 36.2 Å². The Kier molecular flexibility index (Phi) is 12.7. The van der Waals surface area contributed by atoms with Crippen LogP contribution in [0.3, 0.4) is 0 Å². The van der Waals surface area contributed by atoms with E-state index in [2.05, 4.69) is 15.2 Å². The van der Waals surface area contributed by atoms with Gasteiger partial charge in [-0.25, -0.2) is 9.78 Å². The number of carbonyl (C=O) groups excluding carboxylic acids is 1. The van der Waals surface area contributed by atoms with Crippen LogP contribution in [-0.4, -0.2) is 42.2 Å². The molecule has 6 nitrogen and oxygen atoms in total. The van der Waals surface area contributed by atoms with Gasteiger partial charge in [-0.3, -0.25) is 0 Å². The number of hydrogen-bond donors (Lipinski definition) is 1. The van der Waals surface area contributed by atoms with E-state index < -0.39 is 23.6 Å². The molecule has 0 radical (unpaired) electrons. The minimum atomic E-state index is -4.63. The van der Waals surface area contributed by atoms with Crippen LogP contribution in [0.4, 0.5) is 18.9 Å². The number of esters is 1. The molecule has 11 heteroatoms. The third-order valence-electron chi connectivity index (χ3n) is 6.61. The molecule has 42 heavy (non-hydrogen) atoms. The predicted molar refractivity (Wildman–Crippen MR) is 162 cm³/mol. The van der Waals surface area contributed by atoms with Crippen molar-refractivity contribution in [3.63, 3.8) is 0 Å². The van der Waals surface area contributed by atoms with Crippen LogP contribution in [0.2, 0.25) is 0 Å². The van der Waals surface area contributed by atoms with E-state index in [1.807, 2.05) is 37.4 Å². The fourth-order valence-electron chi connectivity index (χ4n) is 4.93. The molecule has 0 fully saturated rings. The highest BCUT2D eigenvalue weighted by Crippen LogP contribution is 2.49. The number of hydrogen-bond acceptors (Lipinski definition) is 6. The van der Waals surface area contributed by atoms with Gasteiger partial charge < -0.3 is 19.7 Å². The van der Waals surface area contributed by atoms with Crippen LogP contribution >= 0.6 is 24.8 Å². The number of anilines is 1. The summed E-state index contributed by atoms with van der Waals surface area (Å²) >= 11 is 0. The van der Waals surface area contributed by atoms with E-state index in [0.29, 0.717) is 29.9 Å². The maximum atomic E-state index is 14.2. The van der Waals surface area contributed by atoms with Gasteiger partial charge in [0.1, 0.15) is 0 Å². The van der Waals surface area contributed by atoms with Crippen LogP contribution in [-0.2, 0) is 22.3 Å². The van der Waals surface area contributed by atoms with Crippen molar-refractivity contribution in [1.29, 1.82) is 0 Å². The van der Waals surface area contributed by atoms with Crippen LogP contribution in [0.15, 0.2) is 78.1 Å². The molecule has 0 saturated carbocycles. The molecule has 0 aliphatic carbocycles. The summed E-state index contributed by atoms with van der Waals surface area (Å²) < 4.78 is 54.2. The maximum absolute atomic E-state index is 14.2. The summed E-state index contributed by atoms with van der Waals surface area (Å²) in [6.07, 6.45) is -2.82. The van der Waals surface area contributed by atoms with Crippen LogP contribution in [0.1, 0.15) is 55.4 Å². The Bertz CT molecular complexity index is 1370. The molecular formula is C31H36Cl2F3N3O3. The van der Waals surface area contributed by atoms with Gasteiger partial charge in [-0.1, -0.05) is 48.5 Å². The van der Waals surface area contributed by atoms with E-state index in [1.165, 1.54) is 30.0 Å². The van der Waals surface area contributed by atoms with E-state index >= 15 is 0 Å². The number of alkyl halides is 3. The molecule has 1 aliphatic rings. The molecule has 0 spiro atoms. The van der Waals surface area contributed by atoms with Crippen molar-refractivity contribution in [1.82, 2.24) is 9.88 Å². The van der Waals surface area contributed by atoms with E-state index in [9.17, 15) is 18.0 Å². The molecule has 0 saturated heterocycles. The topological polar surface area (TPSA) is 63.7 Å². The minimum Gasteiger partial charge on any atom is -0.475 e. The largest absolute Gasteiger partial charge is 0.475 e. The second-order valence-corrected chi connectivity index (χ2v) is 10.1. The van der Waals surface area contributed by atoms with Gasteiger partial charge in [0.25, 0.3) is 0 Å². The first kappa shape index (κ1) is 34.9. The zero-order valence-corrected chi connectivity index (χ0v) is 25.5. The fourth-order valence-corrected chi connectivity index (χ4v) is 4.93. The van der Waals surface area contributed by atoms with Gasteiger partial charge in [0.05, 0.1) is 29.8 Å². The summed E-state index contributed by atoms with van der Waals surface area (Å²) in [5, 5.41) is 3.17. The molecular weight excluding hydrogens is 590 g/mol. The third kappa shape index (κ3) is 8.40. The molecule has 2 heterocycles. The van der Waals surface area contributed by atoms with Gasteiger partial charge in [-0.2, -0.15) is 13.2 Å². The quantitative estimate of drug-likeness (QED) is 0.185. The van der Waals surface area contributed by atoms with Crippen molar-refractivity contribution in [2.45, 2.75) is 51.9 Å². The molecule has 0 amide bonds. The normalized spacial score (nSPS) is 14.5. The SMILES string of the molecule is CC1=C(C(=O)OCCCN(C)Cc2ccccc2)C(c2ccccc2C(F)(F)F)c2c(ccnc2OC(C)C)N1.Cl.Cl. The number of rotatable bonds is 10. The molecule has 0 bridgehead atoms. The Labute approximate surface area is 257 Å². The van der Waals surface area contributed by atoms with Gasteiger partial charge >= 0.3 is 12.1 Å². The van der Waals surface area contributed by atoms with E-state index in [-0.39, 0.29) is 54.5 Å². The van der Waals surface area contributed by atoms with Crippen molar-refractivity contribution in [3.8, 4) is 5.88 Å². The Morgan fingerprint density at radius 3 is 2.38 bits per heavy atom. The zero-order chi connectivity index (χ0) is 28.9. The first-order valence-corrected chi connectivity index (χ1v) is 13.2. The standard InChI is InChI=1S/C31H34F3N3O3.2ClH/c1-20(2)40-29-28-25(15-16-35-29)36-21(3)26(27(28)23-13-8-9-14-24(23)31(32,33)34)30(38)39-18-10-17-37(4)19-22-11-6-5-7-12-22;;/h5-9,11-16,20,27,36H,10,17-19H2,1-4H3;2*1H. The Balaban J connectivity index is 0.00000308. The van der Waals surface area contributed by atoms with Gasteiger partial charge in [0.15, 0.2) is 0 Å². The molecule has 228 valence electrons. The lowest BCUT2D eigenvalue weighted by molar-refractivity contribution is -0.141. The first-order valence-electron chi connectivity index (χ1n) is 13.2. The zero-order valence-electron chi connectivity index (χ0n) is 23.9. The minimum absolute atomic E-state index is 0. The number of nitrogens with zero attached hydrogens (tertiary/aromatic N) is 2. The maximum Gasteiger partial charge on any atom is 0.416 e. The second-order valence-electron chi connectivity index (χ2n) is 10.1. The van der Waals surface area contributed by atoms with Crippen molar-refractivity contribution >= 4 is 36.5 Å². The molecule has 1 atom stereocenters. The lowest BCUT2D eigenvalue weighted by Gasteiger charge is -2.32. The Morgan fingerprint density at radius 1 is 1.05 bits per heavy atom. The van der Waals surface area contributed by atoms with E-state index in [0.717, 1.165) is 12.6 Å². The number of carbonyl (C=O) groups is 1. The molecule has 1 unspecified atom stereocenters. The van der Waals surface area contributed by atoms with Gasteiger partial charge in [-0.15, -0.1) is 24.8 Å². The number of aromatic nitrogens is 1. The first-order chi connectivity index (χ1) is 19.1. The second kappa shape index (κ2) is 15.3. The van der Waals surface area contributed by atoms with Crippen LogP contribution in [0, 0.1) is 0 Å². The Hall–Kier alpha value is -3.27. The summed E-state index contributed by atoms with van der Waals surface area (Å²) in [4.78, 5) is 20.0. The number of fused-ring (bicyclic) bond motifs is 1. The lowest BCUT2D eigenvalue weighted by Crippen LogP contribution is -2.28. The van der Waals surface area contributed by atoms with Crippen LogP contribution in [0.25, 0.3) is 0 Å². The monoisotopic (exact) mass is 625 g/mol. The average molecular weight is 627 g/mol. The van der Waals surface area contributed by atoms with E-state index in [1.54, 1.807) is 26.8 Å². The summed E-state index contributed by atoms with van der Waals surface area (Å²) in [5.74, 6) is -1.60. The summed E-state index contributed by atoms with van der Waals surface area (Å²) in [6.45, 7) is 6.83. The highest BCUT2D eigenvalue weighted by atomic mass is 35.5. The molecule has 1 N–H and O–H groups in total. The fraction of sp³-hybridized carbons (Fsp3) is 0.355. The molecule has 4 rings (SSSR count). The smallest absolute Gasteiger partial charge is 0.416 e. The average Bonchev–Trinajstić information content (AvgIpc) is 2.90.